The molecule has 154 valence electrons. The van der Waals surface area contributed by atoms with E-state index in [4.69, 9.17) is 14.4 Å². The van der Waals surface area contributed by atoms with Gasteiger partial charge < -0.3 is 14.4 Å². The molecule has 0 atom stereocenters. The summed E-state index contributed by atoms with van der Waals surface area (Å²) in [6, 6.07) is 3.37. The minimum atomic E-state index is -3.94. The Labute approximate surface area is 168 Å². The average molecular weight is 407 g/mol. The first-order valence-electron chi connectivity index (χ1n) is 9.95. The number of fused-ring (bicyclic) bond motifs is 2. The molecule has 0 spiro atoms. The van der Waals surface area contributed by atoms with Gasteiger partial charge in [0.25, 0.3) is 0 Å². The number of primary sulfonamides is 1. The van der Waals surface area contributed by atoms with Crippen molar-refractivity contribution < 1.29 is 22.8 Å². The molecule has 0 radical (unpaired) electrons. The highest BCUT2D eigenvalue weighted by Gasteiger charge is 2.59. The number of aliphatic hydroxyl groups is 1. The van der Waals surface area contributed by atoms with Crippen LogP contribution < -0.4 is 10.6 Å². The standard InChI is InChI=1S/C20H30BNO5S/c1-13-6-7-14(28(22,24)25)15(19-8-10-20(23,12-19)11-9-19)16(13)21-26-17(2,3)18(4,5)27-21/h6-7,23H,8-12H2,1-5H3,(H2,22,24,25). The molecule has 3 fully saturated rings. The zero-order valence-electron chi connectivity index (χ0n) is 17.3. The Morgan fingerprint density at radius 3 is 2.00 bits per heavy atom. The van der Waals surface area contributed by atoms with Crippen molar-refractivity contribution in [2.75, 3.05) is 0 Å². The minimum Gasteiger partial charge on any atom is -0.399 e. The molecule has 2 bridgehead atoms. The lowest BCUT2D eigenvalue weighted by Gasteiger charge is -2.32. The molecule has 28 heavy (non-hydrogen) atoms. The van der Waals surface area contributed by atoms with Crippen molar-refractivity contribution in [2.45, 2.75) is 93.8 Å². The van der Waals surface area contributed by atoms with Gasteiger partial charge in [0.1, 0.15) is 0 Å². The normalized spacial score (nSPS) is 33.6. The quantitative estimate of drug-likeness (QED) is 0.746. The van der Waals surface area contributed by atoms with E-state index in [2.05, 4.69) is 0 Å². The lowest BCUT2D eigenvalue weighted by Crippen LogP contribution is -2.44. The summed E-state index contributed by atoms with van der Waals surface area (Å²) in [7, 11) is -4.62. The molecule has 1 aromatic rings. The van der Waals surface area contributed by atoms with Gasteiger partial charge in [0.15, 0.2) is 0 Å². The average Bonchev–Trinajstić information content (AvgIpc) is 3.13. The van der Waals surface area contributed by atoms with Gasteiger partial charge in [0, 0.05) is 0 Å². The van der Waals surface area contributed by atoms with Crippen LogP contribution in [0, 0.1) is 6.92 Å². The molecule has 1 aromatic carbocycles. The van der Waals surface area contributed by atoms with Crippen molar-refractivity contribution in [3.05, 3.63) is 23.3 Å². The van der Waals surface area contributed by atoms with Crippen LogP contribution in [0.5, 0.6) is 0 Å². The summed E-state index contributed by atoms with van der Waals surface area (Å²) in [5, 5.41) is 16.4. The van der Waals surface area contributed by atoms with Gasteiger partial charge in [-0.15, -0.1) is 0 Å². The van der Waals surface area contributed by atoms with Gasteiger partial charge in [-0.3, -0.25) is 0 Å². The predicted molar refractivity (Wildman–Crippen MR) is 108 cm³/mol. The lowest BCUT2D eigenvalue weighted by molar-refractivity contribution is 0.00578. The van der Waals surface area contributed by atoms with Crippen LogP contribution in [-0.2, 0) is 24.7 Å². The van der Waals surface area contributed by atoms with Gasteiger partial charge in [-0.2, -0.15) is 0 Å². The Morgan fingerprint density at radius 1 is 1.04 bits per heavy atom. The molecule has 4 rings (SSSR count). The fourth-order valence-electron chi connectivity index (χ4n) is 5.27. The summed E-state index contributed by atoms with van der Waals surface area (Å²) in [6.07, 6.45) is 3.38. The second-order valence-corrected chi connectivity index (χ2v) is 11.5. The monoisotopic (exact) mass is 407 g/mol. The number of rotatable bonds is 3. The minimum absolute atomic E-state index is 0.133. The largest absolute Gasteiger partial charge is 0.495 e. The molecule has 8 heteroatoms. The number of sulfonamides is 1. The summed E-state index contributed by atoms with van der Waals surface area (Å²) in [6.45, 7) is 9.87. The molecule has 1 saturated heterocycles. The first kappa shape index (κ1) is 20.4. The summed E-state index contributed by atoms with van der Waals surface area (Å²) < 4.78 is 37.7. The van der Waals surface area contributed by atoms with E-state index < -0.39 is 39.4 Å². The molecule has 2 saturated carbocycles. The number of benzene rings is 1. The summed E-state index contributed by atoms with van der Waals surface area (Å²) in [4.78, 5) is 0.133. The molecule has 1 heterocycles. The summed E-state index contributed by atoms with van der Waals surface area (Å²) >= 11 is 0. The SMILES string of the molecule is Cc1ccc(S(N)(=O)=O)c(C23CCC(O)(CC2)C3)c1B1OC(C)(C)C(C)(C)O1. The molecular formula is C20H30BNO5S. The van der Waals surface area contributed by atoms with E-state index in [1.54, 1.807) is 12.1 Å². The molecular weight excluding hydrogens is 377 g/mol. The second-order valence-electron chi connectivity index (χ2n) is 9.98. The maximum absolute atomic E-state index is 12.5. The Morgan fingerprint density at radius 2 is 1.57 bits per heavy atom. The Hall–Kier alpha value is -0.925. The second kappa shape index (κ2) is 5.82. The number of hydrogen-bond donors (Lipinski definition) is 2. The number of nitrogens with two attached hydrogens (primary N) is 1. The summed E-state index contributed by atoms with van der Waals surface area (Å²) in [5.41, 5.74) is 0.162. The smallest absolute Gasteiger partial charge is 0.399 e. The first-order chi connectivity index (χ1) is 12.7. The van der Waals surface area contributed by atoms with E-state index in [0.29, 0.717) is 24.8 Å². The summed E-state index contributed by atoms with van der Waals surface area (Å²) in [5.74, 6) is 0. The Balaban J connectivity index is 1.95. The fraction of sp³-hybridized carbons (Fsp3) is 0.700. The third-order valence-corrected chi connectivity index (χ3v) is 8.51. The van der Waals surface area contributed by atoms with Gasteiger partial charge in [-0.1, -0.05) is 11.6 Å². The van der Waals surface area contributed by atoms with Crippen LogP contribution in [0.15, 0.2) is 17.0 Å². The Bertz CT molecular complexity index is 916. The van der Waals surface area contributed by atoms with Crippen molar-refractivity contribution in [1.29, 1.82) is 0 Å². The van der Waals surface area contributed by atoms with Crippen molar-refractivity contribution in [2.24, 2.45) is 5.14 Å². The molecule has 3 aliphatic rings. The molecule has 0 amide bonds. The van der Waals surface area contributed by atoms with E-state index in [0.717, 1.165) is 23.9 Å². The highest BCUT2D eigenvalue weighted by Crippen LogP contribution is 2.58. The van der Waals surface area contributed by atoms with Gasteiger partial charge in [0.2, 0.25) is 10.0 Å². The molecule has 1 aliphatic heterocycles. The molecule has 0 unspecified atom stereocenters. The highest BCUT2D eigenvalue weighted by molar-refractivity contribution is 7.89. The third-order valence-electron chi connectivity index (χ3n) is 7.56. The van der Waals surface area contributed by atoms with Crippen molar-refractivity contribution in [3.63, 3.8) is 0 Å². The van der Waals surface area contributed by atoms with Gasteiger partial charge in [-0.05, 0) is 89.2 Å². The maximum atomic E-state index is 12.5. The lowest BCUT2D eigenvalue weighted by atomic mass is 9.65. The van der Waals surface area contributed by atoms with Crippen molar-refractivity contribution >= 4 is 22.6 Å². The molecule has 3 N–H and O–H groups in total. The van der Waals surface area contributed by atoms with Crippen LogP contribution in [-0.4, -0.2) is 37.4 Å². The molecule has 6 nitrogen and oxygen atoms in total. The van der Waals surface area contributed by atoms with Crippen LogP contribution in [0.1, 0.15) is 70.9 Å². The van der Waals surface area contributed by atoms with E-state index in [1.165, 1.54) is 0 Å². The number of aryl methyl sites for hydroxylation is 1. The topological polar surface area (TPSA) is 98.9 Å². The van der Waals surface area contributed by atoms with Crippen LogP contribution >= 0.6 is 0 Å². The van der Waals surface area contributed by atoms with Crippen molar-refractivity contribution in [3.8, 4) is 0 Å². The van der Waals surface area contributed by atoms with Crippen LogP contribution in [0.4, 0.5) is 0 Å². The fourth-order valence-corrected chi connectivity index (χ4v) is 6.14. The van der Waals surface area contributed by atoms with E-state index in [-0.39, 0.29) is 4.90 Å². The third kappa shape index (κ3) is 2.88. The van der Waals surface area contributed by atoms with Crippen LogP contribution in [0.2, 0.25) is 0 Å². The predicted octanol–water partition coefficient (Wildman–Crippen LogP) is 1.89. The zero-order valence-corrected chi connectivity index (χ0v) is 18.1. The van der Waals surface area contributed by atoms with Gasteiger partial charge in [-0.25, -0.2) is 13.6 Å². The Kier molecular flexibility index (Phi) is 4.23. The van der Waals surface area contributed by atoms with Crippen LogP contribution in [0.25, 0.3) is 0 Å². The molecule has 0 aromatic heterocycles. The van der Waals surface area contributed by atoms with Gasteiger partial charge >= 0.3 is 7.12 Å². The maximum Gasteiger partial charge on any atom is 0.495 e. The van der Waals surface area contributed by atoms with E-state index in [9.17, 15) is 13.5 Å². The zero-order chi connectivity index (χ0) is 20.8. The van der Waals surface area contributed by atoms with Crippen LogP contribution in [0.3, 0.4) is 0 Å². The molecule has 2 aliphatic carbocycles. The van der Waals surface area contributed by atoms with Crippen molar-refractivity contribution in [1.82, 2.24) is 0 Å². The highest BCUT2D eigenvalue weighted by atomic mass is 32.2. The van der Waals surface area contributed by atoms with E-state index >= 15 is 0 Å². The van der Waals surface area contributed by atoms with Gasteiger partial charge in [0.05, 0.1) is 21.7 Å². The van der Waals surface area contributed by atoms with E-state index in [1.807, 2.05) is 34.6 Å². The first-order valence-corrected chi connectivity index (χ1v) is 11.5. The number of hydrogen-bond acceptors (Lipinski definition) is 5.